The molecule has 1 aliphatic rings. The molecule has 0 fully saturated rings. The third-order valence-corrected chi connectivity index (χ3v) is 4.93. The van der Waals surface area contributed by atoms with Crippen molar-refractivity contribution in [1.29, 1.82) is 0 Å². The SMILES string of the molecule is CC(C)(CNC1c2ccccc2CC1(C)C)NS(C)(=O)=O. The number of hydrogen-bond donors (Lipinski definition) is 2. The molecule has 0 aromatic heterocycles. The predicted octanol–water partition coefficient (Wildman–Crippen LogP) is 2.23. The highest BCUT2D eigenvalue weighted by atomic mass is 32.2. The van der Waals surface area contributed by atoms with Crippen molar-refractivity contribution in [2.45, 2.75) is 45.7 Å². The molecule has 2 N–H and O–H groups in total. The van der Waals surface area contributed by atoms with Gasteiger partial charge in [-0.1, -0.05) is 38.1 Å². The van der Waals surface area contributed by atoms with E-state index < -0.39 is 15.6 Å². The zero-order chi connectivity index (χ0) is 15.9. The molecule has 0 heterocycles. The molecule has 2 rings (SSSR count). The number of benzene rings is 1. The first-order valence-corrected chi connectivity index (χ1v) is 9.19. The smallest absolute Gasteiger partial charge is 0.209 e. The van der Waals surface area contributed by atoms with Crippen LogP contribution in [0.25, 0.3) is 0 Å². The Hall–Kier alpha value is -0.910. The van der Waals surface area contributed by atoms with Crippen molar-refractivity contribution < 1.29 is 8.42 Å². The van der Waals surface area contributed by atoms with Gasteiger partial charge in [0.15, 0.2) is 0 Å². The van der Waals surface area contributed by atoms with Crippen molar-refractivity contribution in [1.82, 2.24) is 10.0 Å². The molecular formula is C16H26N2O2S. The second-order valence-electron chi connectivity index (χ2n) is 7.44. The first-order valence-electron chi connectivity index (χ1n) is 7.30. The Morgan fingerprint density at radius 1 is 1.29 bits per heavy atom. The molecule has 0 saturated heterocycles. The number of hydrogen-bond acceptors (Lipinski definition) is 3. The van der Waals surface area contributed by atoms with E-state index in [2.05, 4.69) is 48.2 Å². The molecule has 0 saturated carbocycles. The quantitative estimate of drug-likeness (QED) is 0.877. The Kier molecular flexibility index (Phi) is 4.21. The average Bonchev–Trinajstić information content (AvgIpc) is 2.52. The van der Waals surface area contributed by atoms with Gasteiger partial charge in [-0.05, 0) is 36.8 Å². The fourth-order valence-corrected chi connectivity index (χ4v) is 4.35. The predicted molar refractivity (Wildman–Crippen MR) is 86.7 cm³/mol. The van der Waals surface area contributed by atoms with Crippen LogP contribution < -0.4 is 10.0 Å². The largest absolute Gasteiger partial charge is 0.308 e. The molecule has 4 nitrogen and oxygen atoms in total. The lowest BCUT2D eigenvalue weighted by Gasteiger charge is -2.33. The van der Waals surface area contributed by atoms with Gasteiger partial charge in [0, 0.05) is 18.1 Å². The minimum atomic E-state index is -3.21. The lowest BCUT2D eigenvalue weighted by atomic mass is 9.85. The summed E-state index contributed by atoms with van der Waals surface area (Å²) < 4.78 is 25.5. The fraction of sp³-hybridized carbons (Fsp3) is 0.625. The summed E-state index contributed by atoms with van der Waals surface area (Å²) in [6.45, 7) is 8.88. The van der Waals surface area contributed by atoms with Crippen LogP contribution in [0.4, 0.5) is 0 Å². The van der Waals surface area contributed by atoms with Crippen molar-refractivity contribution in [3.63, 3.8) is 0 Å². The maximum atomic E-state index is 11.4. The van der Waals surface area contributed by atoms with Gasteiger partial charge in [0.25, 0.3) is 0 Å². The summed E-state index contributed by atoms with van der Waals surface area (Å²) in [5.41, 5.74) is 2.33. The van der Waals surface area contributed by atoms with Gasteiger partial charge >= 0.3 is 0 Å². The summed E-state index contributed by atoms with van der Waals surface area (Å²) in [6, 6.07) is 8.73. The van der Waals surface area contributed by atoms with Crippen LogP contribution in [0.15, 0.2) is 24.3 Å². The Balaban J connectivity index is 2.12. The van der Waals surface area contributed by atoms with Crippen LogP contribution in [0.2, 0.25) is 0 Å². The average molecular weight is 310 g/mol. The van der Waals surface area contributed by atoms with Crippen molar-refractivity contribution in [3.05, 3.63) is 35.4 Å². The topological polar surface area (TPSA) is 58.2 Å². The van der Waals surface area contributed by atoms with Crippen molar-refractivity contribution >= 4 is 10.0 Å². The zero-order valence-corrected chi connectivity index (χ0v) is 14.3. The van der Waals surface area contributed by atoms with Crippen LogP contribution in [0, 0.1) is 5.41 Å². The summed E-state index contributed by atoms with van der Waals surface area (Å²) in [5.74, 6) is 0. The maximum Gasteiger partial charge on any atom is 0.209 e. The molecule has 0 radical (unpaired) electrons. The Labute approximate surface area is 128 Å². The molecule has 0 spiro atoms. The van der Waals surface area contributed by atoms with Gasteiger partial charge in [0.05, 0.1) is 6.26 Å². The van der Waals surface area contributed by atoms with Gasteiger partial charge in [0.1, 0.15) is 0 Å². The normalized spacial score (nSPS) is 21.3. The minimum absolute atomic E-state index is 0.130. The van der Waals surface area contributed by atoms with Crippen LogP contribution in [-0.4, -0.2) is 26.8 Å². The molecule has 1 aromatic carbocycles. The van der Waals surface area contributed by atoms with E-state index in [0.29, 0.717) is 6.54 Å². The first kappa shape index (κ1) is 16.5. The van der Waals surface area contributed by atoms with Gasteiger partial charge in [-0.2, -0.15) is 0 Å². The first-order chi connectivity index (χ1) is 9.50. The third kappa shape index (κ3) is 4.05. The molecule has 1 aromatic rings. The van der Waals surface area contributed by atoms with Gasteiger partial charge in [-0.15, -0.1) is 0 Å². The summed E-state index contributed by atoms with van der Waals surface area (Å²) in [5, 5.41) is 3.56. The lowest BCUT2D eigenvalue weighted by Crippen LogP contribution is -2.51. The van der Waals surface area contributed by atoms with E-state index in [4.69, 9.17) is 0 Å². The van der Waals surface area contributed by atoms with Crippen LogP contribution in [0.1, 0.15) is 44.9 Å². The summed E-state index contributed by atoms with van der Waals surface area (Å²) in [4.78, 5) is 0. The fourth-order valence-electron chi connectivity index (χ4n) is 3.27. The highest BCUT2D eigenvalue weighted by molar-refractivity contribution is 7.88. The Morgan fingerprint density at radius 2 is 1.90 bits per heavy atom. The monoisotopic (exact) mass is 310 g/mol. The van der Waals surface area contributed by atoms with Crippen LogP contribution >= 0.6 is 0 Å². The molecular weight excluding hydrogens is 284 g/mol. The number of sulfonamides is 1. The molecule has 0 bridgehead atoms. The summed E-state index contributed by atoms with van der Waals surface area (Å²) in [6.07, 6.45) is 2.24. The van der Waals surface area contributed by atoms with E-state index in [1.54, 1.807) is 0 Å². The molecule has 1 unspecified atom stereocenters. The Morgan fingerprint density at radius 3 is 2.52 bits per heavy atom. The number of nitrogens with one attached hydrogen (secondary N) is 2. The molecule has 1 aliphatic carbocycles. The van der Waals surface area contributed by atoms with Gasteiger partial charge in [-0.25, -0.2) is 13.1 Å². The summed E-state index contributed by atoms with van der Waals surface area (Å²) >= 11 is 0. The van der Waals surface area contributed by atoms with Crippen molar-refractivity contribution in [2.24, 2.45) is 5.41 Å². The van der Waals surface area contributed by atoms with E-state index in [0.717, 1.165) is 6.42 Å². The van der Waals surface area contributed by atoms with Gasteiger partial charge in [0.2, 0.25) is 10.0 Å². The highest BCUT2D eigenvalue weighted by Gasteiger charge is 2.39. The number of fused-ring (bicyclic) bond motifs is 1. The molecule has 0 aliphatic heterocycles. The molecule has 1 atom stereocenters. The van der Waals surface area contributed by atoms with Crippen LogP contribution in [0.5, 0.6) is 0 Å². The number of rotatable bonds is 5. The molecule has 0 amide bonds. The van der Waals surface area contributed by atoms with E-state index in [9.17, 15) is 8.42 Å². The molecule has 118 valence electrons. The maximum absolute atomic E-state index is 11.4. The highest BCUT2D eigenvalue weighted by Crippen LogP contribution is 2.44. The zero-order valence-electron chi connectivity index (χ0n) is 13.5. The van der Waals surface area contributed by atoms with E-state index in [1.165, 1.54) is 17.4 Å². The Bertz CT molecular complexity index is 621. The lowest BCUT2D eigenvalue weighted by molar-refractivity contribution is 0.252. The van der Waals surface area contributed by atoms with E-state index in [1.807, 2.05) is 13.8 Å². The van der Waals surface area contributed by atoms with Crippen LogP contribution in [0.3, 0.4) is 0 Å². The van der Waals surface area contributed by atoms with Crippen molar-refractivity contribution in [3.8, 4) is 0 Å². The minimum Gasteiger partial charge on any atom is -0.308 e. The van der Waals surface area contributed by atoms with Crippen LogP contribution in [-0.2, 0) is 16.4 Å². The van der Waals surface area contributed by atoms with Gasteiger partial charge in [-0.3, -0.25) is 0 Å². The van der Waals surface area contributed by atoms with Crippen molar-refractivity contribution in [2.75, 3.05) is 12.8 Å². The third-order valence-electron chi connectivity index (χ3n) is 4.00. The second-order valence-corrected chi connectivity index (χ2v) is 9.18. The summed E-state index contributed by atoms with van der Waals surface area (Å²) in [7, 11) is -3.21. The van der Waals surface area contributed by atoms with E-state index in [-0.39, 0.29) is 11.5 Å². The van der Waals surface area contributed by atoms with Gasteiger partial charge < -0.3 is 5.32 Å². The molecule has 21 heavy (non-hydrogen) atoms. The second kappa shape index (κ2) is 5.38. The standard InChI is InChI=1S/C16H26N2O2S/c1-15(2)10-12-8-6-7-9-13(12)14(15)17-11-16(3,4)18-21(5,19)20/h6-9,14,17-18H,10-11H2,1-5H3. The van der Waals surface area contributed by atoms with E-state index >= 15 is 0 Å². The molecule has 5 heteroatoms.